The zero-order valence-electron chi connectivity index (χ0n) is 10.3. The maximum Gasteiger partial charge on any atom is 0.407 e. The van der Waals surface area contributed by atoms with Crippen molar-refractivity contribution in [1.82, 2.24) is 16.0 Å². The topological polar surface area (TPSA) is 96.5 Å². The van der Waals surface area contributed by atoms with E-state index in [1.807, 2.05) is 6.92 Å². The van der Waals surface area contributed by atoms with E-state index in [1.54, 1.807) is 0 Å². The van der Waals surface area contributed by atoms with Crippen molar-refractivity contribution < 1.29 is 19.1 Å². The Morgan fingerprint density at radius 2 is 1.82 bits per heavy atom. The molecule has 0 saturated heterocycles. The summed E-state index contributed by atoms with van der Waals surface area (Å²) in [5, 5.41) is 7.08. The van der Waals surface area contributed by atoms with Crippen LogP contribution in [0.1, 0.15) is 19.8 Å². The minimum atomic E-state index is -0.927. The van der Waals surface area contributed by atoms with Crippen LogP contribution in [0.25, 0.3) is 0 Å². The molecule has 0 aliphatic heterocycles. The molecule has 0 spiro atoms. The highest BCUT2D eigenvalue weighted by Crippen LogP contribution is 1.94. The van der Waals surface area contributed by atoms with Crippen LogP contribution in [-0.2, 0) is 14.3 Å². The molecule has 0 aromatic rings. The summed E-state index contributed by atoms with van der Waals surface area (Å²) in [6, 6.07) is -0.927. The number of likely N-dealkylation sites (N-methyl/N-ethyl adjacent to an activating group) is 1. The number of carbonyl (C=O) groups is 3. The third-order valence-electron chi connectivity index (χ3n) is 1.96. The molecule has 1 unspecified atom stereocenters. The molecule has 1 atom stereocenters. The number of hydrogen-bond donors (Lipinski definition) is 3. The van der Waals surface area contributed by atoms with Crippen molar-refractivity contribution in [2.45, 2.75) is 25.8 Å². The van der Waals surface area contributed by atoms with Gasteiger partial charge in [-0.25, -0.2) is 4.79 Å². The van der Waals surface area contributed by atoms with Crippen LogP contribution in [0.5, 0.6) is 0 Å². The third kappa shape index (κ3) is 6.39. The zero-order valence-corrected chi connectivity index (χ0v) is 10.3. The molecule has 3 N–H and O–H groups in total. The monoisotopic (exact) mass is 245 g/mol. The SMILES string of the molecule is CCCOC(=O)NC(CC(=O)NC)C(=O)NC. The van der Waals surface area contributed by atoms with Crippen LogP contribution in [0.3, 0.4) is 0 Å². The molecule has 0 fully saturated rings. The standard InChI is InChI=1S/C10H19N3O4/c1-4-5-17-10(16)13-7(9(15)12-3)6-8(14)11-2/h7H,4-6H2,1-3H3,(H,11,14)(H,12,15)(H,13,16). The molecule has 7 heteroatoms. The Balaban J connectivity index is 4.33. The molecular formula is C10H19N3O4. The number of hydrogen-bond acceptors (Lipinski definition) is 4. The van der Waals surface area contributed by atoms with E-state index < -0.39 is 18.0 Å². The van der Waals surface area contributed by atoms with Gasteiger partial charge in [-0.2, -0.15) is 0 Å². The lowest BCUT2D eigenvalue weighted by Crippen LogP contribution is -2.48. The summed E-state index contributed by atoms with van der Waals surface area (Å²) < 4.78 is 4.77. The molecule has 7 nitrogen and oxygen atoms in total. The largest absolute Gasteiger partial charge is 0.450 e. The van der Waals surface area contributed by atoms with Crippen LogP contribution in [-0.4, -0.2) is 44.7 Å². The number of ether oxygens (including phenoxy) is 1. The van der Waals surface area contributed by atoms with Gasteiger partial charge in [0.05, 0.1) is 13.0 Å². The summed E-state index contributed by atoms with van der Waals surface area (Å²) in [5.41, 5.74) is 0. The quantitative estimate of drug-likeness (QED) is 0.580. The molecule has 0 saturated carbocycles. The minimum absolute atomic E-state index is 0.128. The molecule has 0 aromatic carbocycles. The van der Waals surface area contributed by atoms with Crippen LogP contribution >= 0.6 is 0 Å². The average Bonchev–Trinajstić information content (AvgIpc) is 2.34. The number of carbonyl (C=O) groups excluding carboxylic acids is 3. The molecule has 0 aliphatic rings. The predicted molar refractivity (Wildman–Crippen MR) is 61.3 cm³/mol. The lowest BCUT2D eigenvalue weighted by Gasteiger charge is -2.16. The van der Waals surface area contributed by atoms with Crippen molar-refractivity contribution in [2.24, 2.45) is 0 Å². The van der Waals surface area contributed by atoms with Gasteiger partial charge in [0, 0.05) is 14.1 Å². The lowest BCUT2D eigenvalue weighted by molar-refractivity contribution is -0.127. The van der Waals surface area contributed by atoms with Crippen molar-refractivity contribution in [1.29, 1.82) is 0 Å². The number of rotatable bonds is 6. The number of nitrogens with one attached hydrogen (secondary N) is 3. The molecule has 98 valence electrons. The Kier molecular flexibility index (Phi) is 7.49. The van der Waals surface area contributed by atoms with Crippen LogP contribution in [0.4, 0.5) is 4.79 Å². The van der Waals surface area contributed by atoms with Crippen LogP contribution in [0.2, 0.25) is 0 Å². The highest BCUT2D eigenvalue weighted by Gasteiger charge is 2.22. The van der Waals surface area contributed by atoms with Gasteiger partial charge in [0.15, 0.2) is 0 Å². The fraction of sp³-hybridized carbons (Fsp3) is 0.700. The smallest absolute Gasteiger partial charge is 0.407 e. The normalized spacial score (nSPS) is 11.2. The van der Waals surface area contributed by atoms with E-state index in [4.69, 9.17) is 4.74 Å². The lowest BCUT2D eigenvalue weighted by atomic mass is 10.2. The highest BCUT2D eigenvalue weighted by molar-refractivity contribution is 5.90. The molecule has 0 bridgehead atoms. The molecular weight excluding hydrogens is 226 g/mol. The van der Waals surface area contributed by atoms with Gasteiger partial charge in [-0.3, -0.25) is 9.59 Å². The van der Waals surface area contributed by atoms with E-state index in [2.05, 4.69) is 16.0 Å². The fourth-order valence-corrected chi connectivity index (χ4v) is 1.05. The van der Waals surface area contributed by atoms with Crippen molar-refractivity contribution in [3.05, 3.63) is 0 Å². The zero-order chi connectivity index (χ0) is 13.3. The van der Waals surface area contributed by atoms with E-state index in [-0.39, 0.29) is 18.9 Å². The Morgan fingerprint density at radius 1 is 1.18 bits per heavy atom. The Bertz CT molecular complexity index is 281. The first-order valence-corrected chi connectivity index (χ1v) is 5.40. The van der Waals surface area contributed by atoms with Crippen LogP contribution in [0.15, 0.2) is 0 Å². The first-order chi connectivity index (χ1) is 8.04. The molecule has 17 heavy (non-hydrogen) atoms. The van der Waals surface area contributed by atoms with E-state index in [0.717, 1.165) is 0 Å². The number of amides is 3. The molecule has 3 amide bonds. The van der Waals surface area contributed by atoms with Gasteiger partial charge in [0.1, 0.15) is 6.04 Å². The summed E-state index contributed by atoms with van der Waals surface area (Å²) in [6.07, 6.45) is -0.144. The van der Waals surface area contributed by atoms with Crippen LogP contribution < -0.4 is 16.0 Å². The van der Waals surface area contributed by atoms with Gasteiger partial charge in [0.2, 0.25) is 11.8 Å². The molecule has 0 aliphatic carbocycles. The van der Waals surface area contributed by atoms with Gasteiger partial charge in [-0.1, -0.05) is 6.92 Å². The van der Waals surface area contributed by atoms with Crippen molar-refractivity contribution >= 4 is 17.9 Å². The first kappa shape index (κ1) is 15.2. The van der Waals surface area contributed by atoms with E-state index in [1.165, 1.54) is 14.1 Å². The van der Waals surface area contributed by atoms with Crippen molar-refractivity contribution in [3.8, 4) is 0 Å². The second-order valence-electron chi connectivity index (χ2n) is 3.32. The van der Waals surface area contributed by atoms with E-state index in [0.29, 0.717) is 6.42 Å². The van der Waals surface area contributed by atoms with E-state index >= 15 is 0 Å². The van der Waals surface area contributed by atoms with E-state index in [9.17, 15) is 14.4 Å². The van der Waals surface area contributed by atoms with Gasteiger partial charge in [-0.15, -0.1) is 0 Å². The average molecular weight is 245 g/mol. The maximum atomic E-state index is 11.4. The summed E-state index contributed by atoms with van der Waals surface area (Å²) in [6.45, 7) is 2.13. The first-order valence-electron chi connectivity index (χ1n) is 5.40. The van der Waals surface area contributed by atoms with Gasteiger partial charge >= 0.3 is 6.09 Å². The summed E-state index contributed by atoms with van der Waals surface area (Å²) in [7, 11) is 2.89. The van der Waals surface area contributed by atoms with Gasteiger partial charge in [0.25, 0.3) is 0 Å². The summed E-state index contributed by atoms with van der Waals surface area (Å²) in [5.74, 6) is -0.781. The second-order valence-corrected chi connectivity index (χ2v) is 3.32. The molecule has 0 aromatic heterocycles. The fourth-order valence-electron chi connectivity index (χ4n) is 1.05. The molecule has 0 rings (SSSR count). The second kappa shape index (κ2) is 8.37. The predicted octanol–water partition coefficient (Wildman–Crippen LogP) is -0.627. The third-order valence-corrected chi connectivity index (χ3v) is 1.96. The Hall–Kier alpha value is -1.79. The van der Waals surface area contributed by atoms with Crippen molar-refractivity contribution in [2.75, 3.05) is 20.7 Å². The number of alkyl carbamates (subject to hydrolysis) is 1. The Morgan fingerprint density at radius 3 is 2.29 bits per heavy atom. The summed E-state index contributed by atoms with van der Waals surface area (Å²) >= 11 is 0. The molecule has 0 radical (unpaired) electrons. The van der Waals surface area contributed by atoms with Gasteiger partial charge in [-0.05, 0) is 6.42 Å². The van der Waals surface area contributed by atoms with Gasteiger partial charge < -0.3 is 20.7 Å². The highest BCUT2D eigenvalue weighted by atomic mass is 16.5. The van der Waals surface area contributed by atoms with Crippen molar-refractivity contribution in [3.63, 3.8) is 0 Å². The van der Waals surface area contributed by atoms with Crippen LogP contribution in [0, 0.1) is 0 Å². The minimum Gasteiger partial charge on any atom is -0.450 e. The summed E-state index contributed by atoms with van der Waals surface area (Å²) in [4.78, 5) is 33.8. The maximum absolute atomic E-state index is 11.4. The Labute approximate surface area is 100 Å². The molecule has 0 heterocycles.